The maximum atomic E-state index is 13.0. The quantitative estimate of drug-likeness (QED) is 0.220. The van der Waals surface area contributed by atoms with Gasteiger partial charge in [-0.1, -0.05) is 48.0 Å². The highest BCUT2D eigenvalue weighted by atomic mass is 17.3. The number of amides is 2. The number of nitrogens with one attached hydrogen (secondary N) is 2. The Balaban J connectivity index is 1.35. The highest BCUT2D eigenvalue weighted by Crippen LogP contribution is 2.60. The zero-order chi connectivity index (χ0) is 31.7. The van der Waals surface area contributed by atoms with Crippen LogP contribution in [0.3, 0.4) is 0 Å². The van der Waals surface area contributed by atoms with Crippen molar-refractivity contribution in [3.8, 4) is 0 Å². The van der Waals surface area contributed by atoms with E-state index in [0.29, 0.717) is 25.2 Å². The second kappa shape index (κ2) is 13.4. The maximum Gasteiger partial charge on any atom is 0.326 e. The number of carbonyl (C=O) groups excluding carboxylic acids is 3. The van der Waals surface area contributed by atoms with Gasteiger partial charge in [-0.25, -0.2) is 14.6 Å². The summed E-state index contributed by atoms with van der Waals surface area (Å²) in [4.78, 5) is 62.4. The van der Waals surface area contributed by atoms with Crippen LogP contribution in [-0.2, 0) is 43.2 Å². The Labute approximate surface area is 254 Å². The predicted molar refractivity (Wildman–Crippen MR) is 153 cm³/mol. The number of hydrogen-bond donors (Lipinski definition) is 3. The molecule has 0 aromatic rings. The molecule has 11 atom stereocenters. The average Bonchev–Trinajstić information content (AvgIpc) is 3.17. The lowest BCUT2D eigenvalue weighted by Gasteiger charge is -2.59. The summed E-state index contributed by atoms with van der Waals surface area (Å²) in [6.45, 7) is 13.4. The topological polar surface area (TPSA) is 159 Å². The van der Waals surface area contributed by atoms with Crippen LogP contribution in [0.2, 0.25) is 0 Å². The fraction of sp³-hybridized carbons (Fsp3) is 0.871. The second-order valence-corrected chi connectivity index (χ2v) is 13.7. The molecular weight excluding hydrogens is 560 g/mol. The van der Waals surface area contributed by atoms with Crippen molar-refractivity contribution < 1.29 is 48.3 Å². The van der Waals surface area contributed by atoms with Crippen molar-refractivity contribution in [3.05, 3.63) is 0 Å². The zero-order valence-corrected chi connectivity index (χ0v) is 26.6. The molecule has 5 aliphatic rings. The molecule has 4 aliphatic heterocycles. The standard InChI is InChI=1S/C31H50N2O10/c1-8-17(4)25(27(37)38)33-26(36)22(15-16(2)3)32-23(34)11-12-24(35)39-28-19(6)21-10-9-18(5)20-13-14-30(7)41-29(40-28)31(20,21)43-42-30/h16-22,25,28-29H,8-15H2,1-7H3,(H,32,34)(H,33,36)(H,37,38)/t17-,18+,19-,20-,21+,22-,25-,28+,29-,30+,31+/m0/s1. The second-order valence-electron chi connectivity index (χ2n) is 13.7. The smallest absolute Gasteiger partial charge is 0.326 e. The number of esters is 1. The number of hydrogen-bond acceptors (Lipinski definition) is 9. The number of ether oxygens (including phenoxy) is 3. The minimum Gasteiger partial charge on any atom is -0.480 e. The van der Waals surface area contributed by atoms with Gasteiger partial charge in [0.1, 0.15) is 12.1 Å². The van der Waals surface area contributed by atoms with Crippen LogP contribution >= 0.6 is 0 Å². The van der Waals surface area contributed by atoms with E-state index in [1.807, 2.05) is 34.6 Å². The molecule has 1 saturated carbocycles. The van der Waals surface area contributed by atoms with Crippen LogP contribution in [0.15, 0.2) is 0 Å². The number of rotatable bonds is 12. The van der Waals surface area contributed by atoms with Crippen molar-refractivity contribution >= 4 is 23.8 Å². The third-order valence-electron chi connectivity index (χ3n) is 10.0. The largest absolute Gasteiger partial charge is 0.480 e. The van der Waals surface area contributed by atoms with Crippen LogP contribution in [0.25, 0.3) is 0 Å². The van der Waals surface area contributed by atoms with Gasteiger partial charge < -0.3 is 30.0 Å². The van der Waals surface area contributed by atoms with Gasteiger partial charge in [-0.15, -0.1) is 0 Å². The normalized spacial score (nSPS) is 36.9. The molecule has 0 radical (unpaired) electrons. The lowest BCUT2D eigenvalue weighted by molar-refractivity contribution is -0.576. The van der Waals surface area contributed by atoms with Gasteiger partial charge >= 0.3 is 11.9 Å². The number of carboxylic acids is 1. The van der Waals surface area contributed by atoms with Crippen molar-refractivity contribution in [3.63, 3.8) is 0 Å². The first-order valence-corrected chi connectivity index (χ1v) is 15.9. The molecular formula is C31H50N2O10. The summed E-state index contributed by atoms with van der Waals surface area (Å²) in [5.74, 6) is -3.55. The SMILES string of the molecule is CC[C@H](C)[C@H](NC(=O)[C@H](CC(C)C)NC(=O)CCC(=O)O[C@@H]1O[C@H]2O[C@@]3(C)CC[C@H]4[C@H](C)CC[C@H]([C@@H]1C)[C@@]24OO3)C(=O)O. The molecule has 12 nitrogen and oxygen atoms in total. The Morgan fingerprint density at radius 1 is 1.00 bits per heavy atom. The molecule has 2 amide bonds. The van der Waals surface area contributed by atoms with Crippen LogP contribution in [0.5, 0.6) is 0 Å². The van der Waals surface area contributed by atoms with Crippen LogP contribution in [0.4, 0.5) is 0 Å². The number of carboxylic acid groups (broad SMARTS) is 1. The van der Waals surface area contributed by atoms with Gasteiger partial charge in [0.15, 0.2) is 11.9 Å². The molecule has 5 fully saturated rings. The predicted octanol–water partition coefficient (Wildman–Crippen LogP) is 3.66. The maximum absolute atomic E-state index is 13.0. The summed E-state index contributed by atoms with van der Waals surface area (Å²) >= 11 is 0. The van der Waals surface area contributed by atoms with Crippen LogP contribution < -0.4 is 10.6 Å². The van der Waals surface area contributed by atoms with Gasteiger partial charge in [0.05, 0.1) is 6.42 Å². The van der Waals surface area contributed by atoms with Crippen LogP contribution in [0.1, 0.15) is 99.8 Å². The summed E-state index contributed by atoms with van der Waals surface area (Å²) in [5, 5.41) is 14.8. The Kier molecular flexibility index (Phi) is 10.5. The van der Waals surface area contributed by atoms with E-state index < -0.39 is 59.8 Å². The Hall–Kier alpha value is -2.28. The molecule has 4 heterocycles. The molecule has 2 bridgehead atoms. The Morgan fingerprint density at radius 3 is 2.37 bits per heavy atom. The fourth-order valence-corrected chi connectivity index (χ4v) is 7.32. The Bertz CT molecular complexity index is 1050. The van der Waals surface area contributed by atoms with E-state index >= 15 is 0 Å². The number of fused-ring (bicyclic) bond motifs is 2. The van der Waals surface area contributed by atoms with Gasteiger partial charge in [-0.3, -0.25) is 14.4 Å². The van der Waals surface area contributed by atoms with E-state index in [2.05, 4.69) is 17.6 Å². The monoisotopic (exact) mass is 610 g/mol. The van der Waals surface area contributed by atoms with E-state index in [1.54, 1.807) is 6.92 Å². The van der Waals surface area contributed by atoms with E-state index in [1.165, 1.54) is 0 Å². The summed E-state index contributed by atoms with van der Waals surface area (Å²) in [6.07, 6.45) is 2.31. The summed E-state index contributed by atoms with van der Waals surface area (Å²) in [7, 11) is 0. The lowest BCUT2D eigenvalue weighted by atomic mass is 9.58. The summed E-state index contributed by atoms with van der Waals surface area (Å²) in [5.41, 5.74) is -0.767. The molecule has 1 spiro atoms. The van der Waals surface area contributed by atoms with E-state index in [4.69, 9.17) is 24.0 Å². The van der Waals surface area contributed by atoms with Gasteiger partial charge in [0, 0.05) is 24.7 Å². The van der Waals surface area contributed by atoms with Crippen molar-refractivity contribution in [2.75, 3.05) is 0 Å². The molecule has 0 aromatic heterocycles. The van der Waals surface area contributed by atoms with Crippen molar-refractivity contribution in [2.24, 2.45) is 35.5 Å². The van der Waals surface area contributed by atoms with Crippen molar-refractivity contribution in [2.45, 2.75) is 136 Å². The fourth-order valence-electron chi connectivity index (χ4n) is 7.32. The van der Waals surface area contributed by atoms with E-state index in [0.717, 1.165) is 19.3 Å². The molecule has 12 heteroatoms. The highest BCUT2D eigenvalue weighted by Gasteiger charge is 2.69. The van der Waals surface area contributed by atoms with E-state index in [-0.39, 0.29) is 42.4 Å². The highest BCUT2D eigenvalue weighted by molar-refractivity contribution is 5.91. The van der Waals surface area contributed by atoms with E-state index in [9.17, 15) is 24.3 Å². The summed E-state index contributed by atoms with van der Waals surface area (Å²) < 4.78 is 18.4. The average molecular weight is 611 g/mol. The number of carbonyl (C=O) groups is 4. The first kappa shape index (κ1) is 33.6. The van der Waals surface area contributed by atoms with Crippen molar-refractivity contribution in [1.29, 1.82) is 0 Å². The molecule has 1 aliphatic carbocycles. The van der Waals surface area contributed by atoms with Gasteiger partial charge in [0.25, 0.3) is 0 Å². The van der Waals surface area contributed by atoms with Gasteiger partial charge in [-0.2, -0.15) is 0 Å². The molecule has 43 heavy (non-hydrogen) atoms. The number of aliphatic carboxylic acids is 1. The van der Waals surface area contributed by atoms with Gasteiger partial charge in [0.2, 0.25) is 23.9 Å². The first-order chi connectivity index (χ1) is 20.2. The Morgan fingerprint density at radius 2 is 1.72 bits per heavy atom. The third-order valence-corrected chi connectivity index (χ3v) is 10.0. The molecule has 5 rings (SSSR count). The minimum atomic E-state index is -1.13. The van der Waals surface area contributed by atoms with Crippen molar-refractivity contribution in [1.82, 2.24) is 10.6 Å². The summed E-state index contributed by atoms with van der Waals surface area (Å²) in [6, 6.07) is -1.99. The minimum absolute atomic E-state index is 0.00319. The zero-order valence-electron chi connectivity index (χ0n) is 26.6. The lowest BCUT2D eigenvalue weighted by Crippen LogP contribution is -2.70. The van der Waals surface area contributed by atoms with Crippen LogP contribution in [0, 0.1) is 35.5 Å². The molecule has 0 aromatic carbocycles. The third kappa shape index (κ3) is 7.02. The van der Waals surface area contributed by atoms with Gasteiger partial charge in [-0.05, 0) is 56.3 Å². The molecule has 244 valence electrons. The molecule has 0 unspecified atom stereocenters. The molecule has 3 N–H and O–H groups in total. The molecule has 4 saturated heterocycles. The van der Waals surface area contributed by atoms with Crippen LogP contribution in [-0.4, -0.2) is 64.9 Å². The first-order valence-electron chi connectivity index (χ1n) is 15.9.